The van der Waals surface area contributed by atoms with Crippen molar-refractivity contribution in [1.82, 2.24) is 0 Å². The maximum Gasteiger partial charge on any atom is 0.327 e. The SMILES string of the molecule is COC(=O)CN=Cc1cc(Cl)cc([N+](=O)[O-])c1O. The van der Waals surface area contributed by atoms with Crippen LogP contribution >= 0.6 is 11.6 Å². The lowest BCUT2D eigenvalue weighted by atomic mass is 10.2. The lowest BCUT2D eigenvalue weighted by Crippen LogP contribution is -2.04. The van der Waals surface area contributed by atoms with E-state index in [-0.39, 0.29) is 17.1 Å². The average Bonchev–Trinajstić information content (AvgIpc) is 2.32. The van der Waals surface area contributed by atoms with Gasteiger partial charge in [0, 0.05) is 22.9 Å². The Morgan fingerprint density at radius 2 is 2.33 bits per heavy atom. The van der Waals surface area contributed by atoms with Crippen LogP contribution in [0.3, 0.4) is 0 Å². The molecule has 0 unspecified atom stereocenters. The van der Waals surface area contributed by atoms with Gasteiger partial charge < -0.3 is 9.84 Å². The minimum absolute atomic E-state index is 0.0538. The van der Waals surface area contributed by atoms with Crippen molar-refractivity contribution < 1.29 is 19.6 Å². The van der Waals surface area contributed by atoms with Crippen molar-refractivity contribution in [2.75, 3.05) is 13.7 Å². The van der Waals surface area contributed by atoms with Crippen LogP contribution in [0.2, 0.25) is 5.02 Å². The molecule has 1 aromatic carbocycles. The molecule has 0 saturated heterocycles. The van der Waals surface area contributed by atoms with E-state index < -0.39 is 22.3 Å². The Kier molecular flexibility index (Phi) is 4.61. The first kappa shape index (κ1) is 13.9. The summed E-state index contributed by atoms with van der Waals surface area (Å²) >= 11 is 5.67. The highest BCUT2D eigenvalue weighted by molar-refractivity contribution is 6.31. The molecule has 0 aromatic heterocycles. The number of esters is 1. The lowest BCUT2D eigenvalue weighted by molar-refractivity contribution is -0.385. The largest absolute Gasteiger partial charge is 0.502 e. The molecule has 18 heavy (non-hydrogen) atoms. The zero-order valence-electron chi connectivity index (χ0n) is 9.29. The molecule has 0 fully saturated rings. The van der Waals surface area contributed by atoms with Crippen LogP contribution in [0.4, 0.5) is 5.69 Å². The zero-order chi connectivity index (χ0) is 13.7. The van der Waals surface area contributed by atoms with Gasteiger partial charge in [-0.05, 0) is 6.07 Å². The van der Waals surface area contributed by atoms with Crippen LogP contribution in [-0.4, -0.2) is 35.9 Å². The van der Waals surface area contributed by atoms with E-state index in [1.807, 2.05) is 0 Å². The molecule has 96 valence electrons. The third kappa shape index (κ3) is 3.42. The van der Waals surface area contributed by atoms with Crippen LogP contribution in [0.15, 0.2) is 17.1 Å². The van der Waals surface area contributed by atoms with Gasteiger partial charge in [0.1, 0.15) is 6.54 Å². The van der Waals surface area contributed by atoms with Gasteiger partial charge in [0.05, 0.1) is 12.0 Å². The number of nitro benzene ring substituents is 1. The van der Waals surface area contributed by atoms with Gasteiger partial charge in [-0.1, -0.05) is 11.6 Å². The molecule has 0 radical (unpaired) electrons. The Bertz CT molecular complexity index is 515. The summed E-state index contributed by atoms with van der Waals surface area (Å²) in [7, 11) is 1.21. The minimum atomic E-state index is -0.765. The van der Waals surface area contributed by atoms with Gasteiger partial charge in [0.2, 0.25) is 5.75 Å². The maximum absolute atomic E-state index is 10.8. The molecular weight excluding hydrogens is 264 g/mol. The number of phenolic OH excluding ortho intramolecular Hbond substituents is 1. The van der Waals surface area contributed by atoms with Gasteiger partial charge in [0.25, 0.3) is 0 Å². The number of aromatic hydroxyl groups is 1. The number of ether oxygens (including phenoxy) is 1. The molecule has 7 nitrogen and oxygen atoms in total. The number of carbonyl (C=O) groups is 1. The molecule has 0 aliphatic heterocycles. The van der Waals surface area contributed by atoms with Crippen LogP contribution < -0.4 is 0 Å². The van der Waals surface area contributed by atoms with Gasteiger partial charge in [-0.25, -0.2) is 0 Å². The number of aliphatic imine (C=N–C) groups is 1. The van der Waals surface area contributed by atoms with Gasteiger partial charge in [0.15, 0.2) is 0 Å². The highest BCUT2D eigenvalue weighted by Crippen LogP contribution is 2.32. The smallest absolute Gasteiger partial charge is 0.327 e. The summed E-state index contributed by atoms with van der Waals surface area (Å²) in [6, 6.07) is 2.32. The monoisotopic (exact) mass is 272 g/mol. The predicted octanol–water partition coefficient (Wildman–Crippen LogP) is 1.55. The predicted molar refractivity (Wildman–Crippen MR) is 64.2 cm³/mol. The topological polar surface area (TPSA) is 102 Å². The van der Waals surface area contributed by atoms with Crippen molar-refractivity contribution in [3.63, 3.8) is 0 Å². The Hall–Kier alpha value is -2.15. The molecule has 0 atom stereocenters. The summed E-state index contributed by atoms with van der Waals surface area (Å²) in [5.74, 6) is -1.12. The molecule has 0 amide bonds. The summed E-state index contributed by atoms with van der Waals surface area (Å²) in [6.45, 7) is -0.254. The average molecular weight is 273 g/mol. The molecule has 1 N–H and O–H groups in total. The van der Waals surface area contributed by atoms with Gasteiger partial charge >= 0.3 is 11.7 Å². The fourth-order valence-electron chi connectivity index (χ4n) is 1.13. The second-order valence-corrected chi connectivity index (χ2v) is 3.60. The van der Waals surface area contributed by atoms with Crippen molar-refractivity contribution in [3.05, 3.63) is 32.8 Å². The second-order valence-electron chi connectivity index (χ2n) is 3.17. The van der Waals surface area contributed by atoms with Crippen LogP contribution in [0.5, 0.6) is 5.75 Å². The molecule has 8 heteroatoms. The van der Waals surface area contributed by atoms with E-state index >= 15 is 0 Å². The molecule has 0 bridgehead atoms. The molecule has 0 aliphatic rings. The summed E-state index contributed by atoms with van der Waals surface area (Å²) in [5, 5.41) is 20.3. The van der Waals surface area contributed by atoms with Gasteiger partial charge in [-0.15, -0.1) is 0 Å². The van der Waals surface area contributed by atoms with Crippen molar-refractivity contribution in [2.45, 2.75) is 0 Å². The van der Waals surface area contributed by atoms with E-state index in [9.17, 15) is 20.0 Å². The molecule has 0 saturated carbocycles. The van der Waals surface area contributed by atoms with E-state index in [2.05, 4.69) is 9.73 Å². The fourth-order valence-corrected chi connectivity index (χ4v) is 1.35. The fraction of sp³-hybridized carbons (Fsp3) is 0.200. The van der Waals surface area contributed by atoms with E-state index in [1.165, 1.54) is 13.2 Å². The number of rotatable bonds is 4. The number of nitro groups is 1. The Balaban J connectivity index is 3.02. The molecule has 0 aliphatic carbocycles. The van der Waals surface area contributed by atoms with E-state index in [0.717, 1.165) is 12.3 Å². The number of halogens is 1. The molecule has 0 heterocycles. The standard InChI is InChI=1S/C10H9ClN2O5/c1-18-9(14)5-12-4-6-2-7(11)3-8(10(6)15)13(16)17/h2-4,15H,5H2,1H3. The first-order valence-electron chi connectivity index (χ1n) is 4.69. The molecule has 1 aromatic rings. The minimum Gasteiger partial charge on any atom is -0.502 e. The lowest BCUT2D eigenvalue weighted by Gasteiger charge is -2.01. The van der Waals surface area contributed by atoms with Crippen molar-refractivity contribution in [1.29, 1.82) is 0 Å². The third-order valence-electron chi connectivity index (χ3n) is 1.96. The van der Waals surface area contributed by atoms with Crippen LogP contribution in [0.1, 0.15) is 5.56 Å². The zero-order valence-corrected chi connectivity index (χ0v) is 10.0. The number of phenols is 1. The second kappa shape index (κ2) is 5.97. The van der Waals surface area contributed by atoms with Gasteiger partial charge in [-0.2, -0.15) is 0 Å². The van der Waals surface area contributed by atoms with Crippen LogP contribution in [0.25, 0.3) is 0 Å². The molecule has 0 spiro atoms. The number of methoxy groups -OCH3 is 1. The molecule has 1 rings (SSSR count). The van der Waals surface area contributed by atoms with Crippen molar-refractivity contribution in [3.8, 4) is 5.75 Å². The summed E-state index contributed by atoms with van der Waals surface area (Å²) in [5.41, 5.74) is -0.472. The first-order chi connectivity index (χ1) is 8.45. The number of hydrogen-bond acceptors (Lipinski definition) is 6. The Morgan fingerprint density at radius 3 is 2.89 bits per heavy atom. The highest BCUT2D eigenvalue weighted by atomic mass is 35.5. The molecular formula is C10H9ClN2O5. The third-order valence-corrected chi connectivity index (χ3v) is 2.18. The van der Waals surface area contributed by atoms with Crippen LogP contribution in [0, 0.1) is 10.1 Å². The maximum atomic E-state index is 10.8. The Labute approximate surface area is 107 Å². The highest BCUT2D eigenvalue weighted by Gasteiger charge is 2.17. The quantitative estimate of drug-likeness (QED) is 0.388. The van der Waals surface area contributed by atoms with E-state index in [1.54, 1.807) is 0 Å². The number of benzene rings is 1. The number of carbonyl (C=O) groups excluding carboxylic acids is 1. The Morgan fingerprint density at radius 1 is 1.67 bits per heavy atom. The van der Waals surface area contributed by atoms with E-state index in [0.29, 0.717) is 0 Å². The summed E-state index contributed by atoms with van der Waals surface area (Å²) in [6.07, 6.45) is 1.12. The van der Waals surface area contributed by atoms with Crippen molar-refractivity contribution in [2.24, 2.45) is 4.99 Å². The summed E-state index contributed by atoms with van der Waals surface area (Å²) in [4.78, 5) is 24.3. The number of nitrogens with zero attached hydrogens (tertiary/aromatic N) is 2. The van der Waals surface area contributed by atoms with Crippen LogP contribution in [-0.2, 0) is 9.53 Å². The van der Waals surface area contributed by atoms with Crippen molar-refractivity contribution >= 4 is 29.5 Å². The first-order valence-corrected chi connectivity index (χ1v) is 5.07. The number of hydrogen-bond donors (Lipinski definition) is 1. The summed E-state index contributed by atoms with van der Waals surface area (Å²) < 4.78 is 4.35. The van der Waals surface area contributed by atoms with Gasteiger partial charge in [-0.3, -0.25) is 19.9 Å². The van der Waals surface area contributed by atoms with E-state index in [4.69, 9.17) is 11.6 Å². The normalized spacial score (nSPS) is 10.6.